The van der Waals surface area contributed by atoms with Crippen LogP contribution < -0.4 is 11.1 Å². The monoisotopic (exact) mass is 257 g/mol. The van der Waals surface area contributed by atoms with E-state index in [-0.39, 0.29) is 18.4 Å². The molecule has 0 radical (unpaired) electrons. The number of carbonyl (C=O) groups is 1. The van der Waals surface area contributed by atoms with Crippen molar-refractivity contribution in [1.82, 2.24) is 25.2 Å². The van der Waals surface area contributed by atoms with Gasteiger partial charge in [0, 0.05) is 12.4 Å². The van der Waals surface area contributed by atoms with Gasteiger partial charge in [0.25, 0.3) is 11.9 Å². The number of tetrazole rings is 1. The number of carbonyl (C=O) groups excluding carboxylic acids is 1. The van der Waals surface area contributed by atoms with Crippen LogP contribution in [0.1, 0.15) is 15.9 Å². The van der Waals surface area contributed by atoms with Gasteiger partial charge in [-0.3, -0.25) is 15.1 Å². The van der Waals surface area contributed by atoms with Gasteiger partial charge >= 0.3 is 0 Å². The molecular weight excluding hydrogens is 246 g/mol. The van der Waals surface area contributed by atoms with Crippen LogP contribution >= 0.6 is 0 Å². The van der Waals surface area contributed by atoms with E-state index in [4.69, 9.17) is 5.73 Å². The molecule has 0 aliphatic rings. The molecule has 1 amide bonds. The second kappa shape index (κ2) is 5.70. The molecule has 2 heterocycles. The molecule has 0 aliphatic carbocycles. The minimum absolute atomic E-state index is 0.127. The summed E-state index contributed by atoms with van der Waals surface area (Å²) < 4.78 is 0. The molecule has 19 heavy (non-hydrogen) atoms. The van der Waals surface area contributed by atoms with Gasteiger partial charge in [-0.15, -0.1) is 5.10 Å². The van der Waals surface area contributed by atoms with E-state index in [2.05, 4.69) is 37.6 Å². The Hall–Kier alpha value is -2.79. The lowest BCUT2D eigenvalue weighted by molar-refractivity contribution is 0.102. The summed E-state index contributed by atoms with van der Waals surface area (Å²) in [6.07, 6.45) is 3.01. The molecule has 0 saturated carbocycles. The van der Waals surface area contributed by atoms with Crippen LogP contribution in [0.3, 0.4) is 0 Å². The quantitative estimate of drug-likeness (QED) is 0.679. The third-order valence-electron chi connectivity index (χ3n) is 2.12. The van der Waals surface area contributed by atoms with Gasteiger partial charge in [-0.05, 0) is 11.3 Å². The number of nitrogens with zero attached hydrogens (tertiary/aromatic N) is 5. The smallest absolute Gasteiger partial charge is 0.270 e. The fraction of sp³-hybridized carbons (Fsp3) is 0.182. The fourth-order valence-electron chi connectivity index (χ4n) is 1.34. The molecule has 0 unspecified atom stereocenters. The van der Waals surface area contributed by atoms with Crippen molar-refractivity contribution in [3.63, 3.8) is 0 Å². The molecule has 0 fully saturated rings. The van der Waals surface area contributed by atoms with Gasteiger partial charge in [-0.1, -0.05) is 16.9 Å². The summed E-state index contributed by atoms with van der Waals surface area (Å²) in [5.41, 5.74) is 6.18. The zero-order valence-electron chi connectivity index (χ0n) is 10.2. The van der Waals surface area contributed by atoms with Crippen molar-refractivity contribution in [2.24, 2.45) is 12.8 Å². The first-order valence-corrected chi connectivity index (χ1v) is 5.39. The van der Waals surface area contributed by atoms with E-state index < -0.39 is 0 Å². The average Bonchev–Trinajstić information content (AvgIpc) is 2.82. The Morgan fingerprint density at radius 1 is 1.58 bits per heavy atom. The maximum atomic E-state index is 12.1. The van der Waals surface area contributed by atoms with Crippen LogP contribution in [0.5, 0.6) is 0 Å². The average molecular weight is 257 g/mol. The van der Waals surface area contributed by atoms with Crippen molar-refractivity contribution in [2.45, 2.75) is 0 Å². The maximum Gasteiger partial charge on any atom is 0.270 e. The van der Waals surface area contributed by atoms with Crippen LogP contribution in [0.2, 0.25) is 0 Å². The number of aryl methyl sites for hydroxylation is 1. The standard InChI is InChI=1S/C11H11N7O/c1-18-16-11(15-17-18)14-10(19)9-4-6-13-7-8(9)3-2-5-12/h4,6-7H,5,12H2,1H3,(H,14,16,19). The van der Waals surface area contributed by atoms with Crippen molar-refractivity contribution in [3.05, 3.63) is 29.6 Å². The molecule has 8 heteroatoms. The molecule has 0 aliphatic heterocycles. The number of nitrogens with two attached hydrogens (primary N) is 1. The third kappa shape index (κ3) is 3.11. The van der Waals surface area contributed by atoms with Gasteiger partial charge in [-0.2, -0.15) is 4.80 Å². The molecule has 0 spiro atoms. The van der Waals surface area contributed by atoms with Crippen molar-refractivity contribution in [2.75, 3.05) is 11.9 Å². The first kappa shape index (κ1) is 12.7. The van der Waals surface area contributed by atoms with E-state index in [1.54, 1.807) is 13.1 Å². The van der Waals surface area contributed by atoms with E-state index >= 15 is 0 Å². The van der Waals surface area contributed by atoms with Crippen LogP contribution in [-0.4, -0.2) is 37.6 Å². The van der Waals surface area contributed by atoms with Gasteiger partial charge in [0.2, 0.25) is 0 Å². The minimum atomic E-state index is -0.378. The lowest BCUT2D eigenvalue weighted by atomic mass is 10.1. The van der Waals surface area contributed by atoms with Crippen LogP contribution in [0.15, 0.2) is 18.5 Å². The van der Waals surface area contributed by atoms with Crippen molar-refractivity contribution >= 4 is 11.9 Å². The van der Waals surface area contributed by atoms with Crippen LogP contribution in [0.25, 0.3) is 0 Å². The molecule has 2 aromatic rings. The second-order valence-electron chi connectivity index (χ2n) is 3.48. The van der Waals surface area contributed by atoms with Gasteiger partial charge in [0.15, 0.2) is 0 Å². The van der Waals surface area contributed by atoms with Gasteiger partial charge in [-0.25, -0.2) is 0 Å². The number of rotatable bonds is 2. The summed E-state index contributed by atoms with van der Waals surface area (Å²) in [6, 6.07) is 1.56. The highest BCUT2D eigenvalue weighted by Crippen LogP contribution is 2.07. The number of hydrogen-bond acceptors (Lipinski definition) is 6. The van der Waals surface area contributed by atoms with E-state index in [0.717, 1.165) is 0 Å². The number of amides is 1. The number of hydrogen-bond donors (Lipinski definition) is 2. The molecule has 3 N–H and O–H groups in total. The first-order valence-electron chi connectivity index (χ1n) is 5.39. The summed E-state index contributed by atoms with van der Waals surface area (Å²) in [4.78, 5) is 17.2. The van der Waals surface area contributed by atoms with Gasteiger partial charge in [0.05, 0.1) is 24.7 Å². The summed E-state index contributed by atoms with van der Waals surface area (Å²) in [5.74, 6) is 5.21. The molecule has 2 rings (SSSR count). The van der Waals surface area contributed by atoms with E-state index in [9.17, 15) is 4.79 Å². The molecule has 8 nitrogen and oxygen atoms in total. The number of pyridine rings is 1. The van der Waals surface area contributed by atoms with Crippen molar-refractivity contribution in [3.8, 4) is 11.8 Å². The number of nitrogens with one attached hydrogen (secondary N) is 1. The Morgan fingerprint density at radius 3 is 3.11 bits per heavy atom. The lowest BCUT2D eigenvalue weighted by Crippen LogP contribution is -2.15. The molecule has 0 bridgehead atoms. The zero-order valence-corrected chi connectivity index (χ0v) is 10.2. The summed E-state index contributed by atoms with van der Waals surface area (Å²) in [5, 5.41) is 13.7. The Balaban J connectivity index is 2.23. The summed E-state index contributed by atoms with van der Waals surface area (Å²) >= 11 is 0. The molecule has 0 atom stereocenters. The Kier molecular flexibility index (Phi) is 3.80. The fourth-order valence-corrected chi connectivity index (χ4v) is 1.34. The normalized spacial score (nSPS) is 9.58. The van der Waals surface area contributed by atoms with E-state index in [0.29, 0.717) is 11.1 Å². The summed E-state index contributed by atoms with van der Waals surface area (Å²) in [6.45, 7) is 0.210. The van der Waals surface area contributed by atoms with Crippen molar-refractivity contribution in [1.29, 1.82) is 0 Å². The second-order valence-corrected chi connectivity index (χ2v) is 3.48. The van der Waals surface area contributed by atoms with E-state index in [1.807, 2.05) is 0 Å². The predicted molar refractivity (Wildman–Crippen MR) is 66.9 cm³/mol. The molecule has 0 saturated heterocycles. The van der Waals surface area contributed by atoms with Gasteiger partial charge < -0.3 is 5.73 Å². The SMILES string of the molecule is Cn1nnc(NC(=O)c2ccncc2C#CCN)n1. The van der Waals surface area contributed by atoms with Crippen molar-refractivity contribution < 1.29 is 4.79 Å². The number of aromatic nitrogens is 5. The highest BCUT2D eigenvalue weighted by atomic mass is 16.1. The zero-order chi connectivity index (χ0) is 13.7. The topological polar surface area (TPSA) is 112 Å². The van der Waals surface area contributed by atoms with E-state index in [1.165, 1.54) is 17.2 Å². The van der Waals surface area contributed by atoms with Crippen LogP contribution in [0, 0.1) is 11.8 Å². The Morgan fingerprint density at radius 2 is 2.42 bits per heavy atom. The minimum Gasteiger partial charge on any atom is -0.320 e. The van der Waals surface area contributed by atoms with Crippen LogP contribution in [0.4, 0.5) is 5.95 Å². The largest absolute Gasteiger partial charge is 0.320 e. The Bertz CT molecular complexity index is 652. The lowest BCUT2D eigenvalue weighted by Gasteiger charge is -2.02. The Labute approximate surface area is 109 Å². The maximum absolute atomic E-state index is 12.1. The first-order chi connectivity index (χ1) is 9.20. The molecule has 0 aromatic carbocycles. The molecule has 96 valence electrons. The molecular formula is C11H11N7O. The van der Waals surface area contributed by atoms with Crippen LogP contribution in [-0.2, 0) is 7.05 Å². The highest BCUT2D eigenvalue weighted by Gasteiger charge is 2.12. The number of anilines is 1. The van der Waals surface area contributed by atoms with Gasteiger partial charge in [0.1, 0.15) is 0 Å². The summed E-state index contributed by atoms with van der Waals surface area (Å²) in [7, 11) is 1.60. The predicted octanol–water partition coefficient (Wildman–Crippen LogP) is -0.832. The highest BCUT2D eigenvalue weighted by molar-refractivity contribution is 6.04. The molecule has 2 aromatic heterocycles. The third-order valence-corrected chi connectivity index (χ3v) is 2.12.